The predicted octanol–water partition coefficient (Wildman–Crippen LogP) is 4.29. The average Bonchev–Trinajstić information content (AvgIpc) is 2.96. The molecule has 0 aliphatic carbocycles. The average molecular weight is 271 g/mol. The zero-order valence-electron chi connectivity index (χ0n) is 11.3. The minimum Gasteiger partial charge on any atom is -0.353 e. The molecule has 0 atom stereocenters. The Morgan fingerprint density at radius 2 is 1.00 bits per heavy atom. The van der Waals surface area contributed by atoms with Gasteiger partial charge in [-0.05, 0) is 11.1 Å². The molecule has 2 heterocycles. The Balaban J connectivity index is 2.02. The summed E-state index contributed by atoms with van der Waals surface area (Å²) in [5.41, 5.74) is 4.47. The SMILES string of the molecule is c1ccc(-c2[nH]c(-c3ccccc3)c3cnncc23)cc1. The molecular formula is C18H13N3. The standard InChI is InChI=1S/C18H13N3/c1-3-7-13(8-4-1)17-15-11-19-20-12-16(15)18(21-17)14-9-5-2-6-10-14/h1-12,21H. The fourth-order valence-corrected chi connectivity index (χ4v) is 2.64. The van der Waals surface area contributed by atoms with E-state index in [2.05, 4.69) is 39.4 Å². The lowest BCUT2D eigenvalue weighted by Gasteiger charge is -1.99. The van der Waals surface area contributed by atoms with Gasteiger partial charge in [0.05, 0.1) is 23.8 Å². The maximum atomic E-state index is 4.04. The number of hydrogen-bond acceptors (Lipinski definition) is 2. The summed E-state index contributed by atoms with van der Waals surface area (Å²) in [6.07, 6.45) is 3.64. The second-order valence-electron chi connectivity index (χ2n) is 4.92. The van der Waals surface area contributed by atoms with Crippen LogP contribution < -0.4 is 0 Å². The van der Waals surface area contributed by atoms with Gasteiger partial charge < -0.3 is 4.98 Å². The van der Waals surface area contributed by atoms with Crippen LogP contribution >= 0.6 is 0 Å². The van der Waals surface area contributed by atoms with Crippen LogP contribution in [0.25, 0.3) is 33.3 Å². The van der Waals surface area contributed by atoms with Gasteiger partial charge in [-0.3, -0.25) is 0 Å². The summed E-state index contributed by atoms with van der Waals surface area (Å²) in [4.78, 5) is 3.54. The minimum absolute atomic E-state index is 1.08. The molecule has 2 aromatic carbocycles. The van der Waals surface area contributed by atoms with Crippen molar-refractivity contribution >= 4 is 10.8 Å². The van der Waals surface area contributed by atoms with Gasteiger partial charge in [-0.2, -0.15) is 10.2 Å². The predicted molar refractivity (Wildman–Crippen MR) is 84.8 cm³/mol. The van der Waals surface area contributed by atoms with Crippen LogP contribution in [0, 0.1) is 0 Å². The number of aromatic nitrogens is 3. The molecule has 4 rings (SSSR count). The second-order valence-corrected chi connectivity index (χ2v) is 4.92. The van der Waals surface area contributed by atoms with Crippen molar-refractivity contribution < 1.29 is 0 Å². The van der Waals surface area contributed by atoms with Gasteiger partial charge in [-0.25, -0.2) is 0 Å². The Kier molecular flexibility index (Phi) is 2.75. The van der Waals surface area contributed by atoms with Crippen LogP contribution in [0.3, 0.4) is 0 Å². The highest BCUT2D eigenvalue weighted by atomic mass is 15.1. The van der Waals surface area contributed by atoms with Crippen LogP contribution in [0.4, 0.5) is 0 Å². The molecule has 3 nitrogen and oxygen atoms in total. The Morgan fingerprint density at radius 3 is 1.43 bits per heavy atom. The molecule has 0 fully saturated rings. The highest BCUT2D eigenvalue weighted by molar-refractivity contribution is 6.03. The normalized spacial score (nSPS) is 10.9. The first kappa shape index (κ1) is 11.9. The lowest BCUT2D eigenvalue weighted by Crippen LogP contribution is -1.79. The molecule has 0 radical (unpaired) electrons. The van der Waals surface area contributed by atoms with Gasteiger partial charge in [-0.1, -0.05) is 60.7 Å². The summed E-state index contributed by atoms with van der Waals surface area (Å²) in [7, 11) is 0. The van der Waals surface area contributed by atoms with E-state index in [0.717, 1.165) is 33.3 Å². The van der Waals surface area contributed by atoms with Crippen molar-refractivity contribution in [1.29, 1.82) is 0 Å². The summed E-state index contributed by atoms with van der Waals surface area (Å²) in [5, 5.41) is 10.3. The summed E-state index contributed by atoms with van der Waals surface area (Å²) < 4.78 is 0. The fourth-order valence-electron chi connectivity index (χ4n) is 2.64. The molecule has 0 amide bonds. The van der Waals surface area contributed by atoms with Crippen LogP contribution in [0.5, 0.6) is 0 Å². The largest absolute Gasteiger partial charge is 0.353 e. The van der Waals surface area contributed by atoms with Gasteiger partial charge in [0.25, 0.3) is 0 Å². The van der Waals surface area contributed by atoms with Crippen molar-refractivity contribution in [3.63, 3.8) is 0 Å². The van der Waals surface area contributed by atoms with Gasteiger partial charge in [-0.15, -0.1) is 0 Å². The number of aromatic amines is 1. The van der Waals surface area contributed by atoms with Gasteiger partial charge in [0.1, 0.15) is 0 Å². The number of nitrogens with zero attached hydrogens (tertiary/aromatic N) is 2. The van der Waals surface area contributed by atoms with Crippen LogP contribution in [-0.4, -0.2) is 15.2 Å². The summed E-state index contributed by atoms with van der Waals surface area (Å²) in [6, 6.07) is 20.6. The van der Waals surface area contributed by atoms with E-state index >= 15 is 0 Å². The lowest BCUT2D eigenvalue weighted by atomic mass is 10.1. The van der Waals surface area contributed by atoms with E-state index in [1.54, 1.807) is 0 Å². The third-order valence-corrected chi connectivity index (χ3v) is 3.64. The van der Waals surface area contributed by atoms with E-state index in [-0.39, 0.29) is 0 Å². The summed E-state index contributed by atoms with van der Waals surface area (Å²) in [6.45, 7) is 0. The Bertz CT molecular complexity index is 807. The molecule has 21 heavy (non-hydrogen) atoms. The molecule has 0 aliphatic rings. The van der Waals surface area contributed by atoms with Crippen LogP contribution in [0.2, 0.25) is 0 Å². The molecule has 0 saturated heterocycles. The maximum absolute atomic E-state index is 4.04. The van der Waals surface area contributed by atoms with Crippen molar-refractivity contribution in [1.82, 2.24) is 15.2 Å². The van der Waals surface area contributed by atoms with Gasteiger partial charge in [0, 0.05) is 10.8 Å². The lowest BCUT2D eigenvalue weighted by molar-refractivity contribution is 1.05. The van der Waals surface area contributed by atoms with E-state index in [0.29, 0.717) is 0 Å². The first-order valence-electron chi connectivity index (χ1n) is 6.87. The molecule has 4 aromatic rings. The van der Waals surface area contributed by atoms with Crippen molar-refractivity contribution in [2.24, 2.45) is 0 Å². The Labute approximate surface area is 122 Å². The van der Waals surface area contributed by atoms with E-state index in [1.807, 2.05) is 48.8 Å². The number of hydrogen-bond donors (Lipinski definition) is 1. The zero-order chi connectivity index (χ0) is 14.1. The maximum Gasteiger partial charge on any atom is 0.0596 e. The van der Waals surface area contributed by atoms with Crippen molar-refractivity contribution in [2.75, 3.05) is 0 Å². The number of H-pyrrole nitrogens is 1. The van der Waals surface area contributed by atoms with E-state index in [9.17, 15) is 0 Å². The first-order chi connectivity index (χ1) is 10.4. The van der Waals surface area contributed by atoms with Crippen LogP contribution in [0.1, 0.15) is 0 Å². The van der Waals surface area contributed by atoms with Crippen molar-refractivity contribution in [3.8, 4) is 22.5 Å². The molecule has 0 bridgehead atoms. The molecule has 0 spiro atoms. The fraction of sp³-hybridized carbons (Fsp3) is 0. The smallest absolute Gasteiger partial charge is 0.0596 e. The van der Waals surface area contributed by atoms with Crippen molar-refractivity contribution in [3.05, 3.63) is 73.1 Å². The van der Waals surface area contributed by atoms with E-state index < -0.39 is 0 Å². The van der Waals surface area contributed by atoms with E-state index in [1.165, 1.54) is 0 Å². The van der Waals surface area contributed by atoms with Gasteiger partial charge >= 0.3 is 0 Å². The molecule has 0 aliphatic heterocycles. The molecule has 2 aromatic heterocycles. The second kappa shape index (κ2) is 4.87. The molecule has 1 N–H and O–H groups in total. The number of benzene rings is 2. The molecule has 3 heteroatoms. The quantitative estimate of drug-likeness (QED) is 0.591. The van der Waals surface area contributed by atoms with Crippen LogP contribution in [0.15, 0.2) is 73.1 Å². The van der Waals surface area contributed by atoms with Gasteiger partial charge in [0.2, 0.25) is 0 Å². The third-order valence-electron chi connectivity index (χ3n) is 3.64. The van der Waals surface area contributed by atoms with E-state index in [4.69, 9.17) is 0 Å². The molecular weight excluding hydrogens is 258 g/mol. The van der Waals surface area contributed by atoms with Crippen LogP contribution in [-0.2, 0) is 0 Å². The summed E-state index contributed by atoms with van der Waals surface area (Å²) in [5.74, 6) is 0. The molecule has 100 valence electrons. The van der Waals surface area contributed by atoms with Crippen molar-refractivity contribution in [2.45, 2.75) is 0 Å². The topological polar surface area (TPSA) is 41.6 Å². The molecule has 0 unspecified atom stereocenters. The highest BCUT2D eigenvalue weighted by Gasteiger charge is 2.13. The Hall–Kier alpha value is -2.94. The molecule has 0 saturated carbocycles. The zero-order valence-corrected chi connectivity index (χ0v) is 11.3. The summed E-state index contributed by atoms with van der Waals surface area (Å²) >= 11 is 0. The highest BCUT2D eigenvalue weighted by Crippen LogP contribution is 2.34. The minimum atomic E-state index is 1.08. The number of rotatable bonds is 2. The third kappa shape index (κ3) is 1.99. The monoisotopic (exact) mass is 271 g/mol. The Morgan fingerprint density at radius 1 is 0.571 bits per heavy atom. The number of fused-ring (bicyclic) bond motifs is 1. The first-order valence-corrected chi connectivity index (χ1v) is 6.87. The number of nitrogens with one attached hydrogen (secondary N) is 1. The van der Waals surface area contributed by atoms with Gasteiger partial charge in [0.15, 0.2) is 0 Å².